The van der Waals surface area contributed by atoms with Crippen LogP contribution >= 0.6 is 0 Å². The van der Waals surface area contributed by atoms with Crippen molar-refractivity contribution < 1.29 is 13.2 Å². The molecule has 3 rings (SSSR count). The van der Waals surface area contributed by atoms with Gasteiger partial charge >= 0.3 is 0 Å². The van der Waals surface area contributed by atoms with Crippen LogP contribution in [0.2, 0.25) is 0 Å². The monoisotopic (exact) mass is 250 g/mol. The zero-order valence-corrected chi connectivity index (χ0v) is 10.5. The molecule has 0 N–H and O–H groups in total. The fourth-order valence-electron chi connectivity index (χ4n) is 2.75. The summed E-state index contributed by atoms with van der Waals surface area (Å²) in [4.78, 5) is 12.2. The Kier molecular flexibility index (Phi) is 2.20. The van der Waals surface area contributed by atoms with Crippen LogP contribution in [0.1, 0.15) is 41.3 Å². The molecule has 2 aliphatic rings. The molecule has 1 aromatic carbocycles. The van der Waals surface area contributed by atoms with Gasteiger partial charge in [0.2, 0.25) is 0 Å². The lowest BCUT2D eigenvalue weighted by molar-refractivity contribution is 0.0975. The zero-order chi connectivity index (χ0) is 12.2. The largest absolute Gasteiger partial charge is 0.294 e. The SMILES string of the molecule is CC1CC(=O)c2cc3c(cc2S1(=O)=O)CCC3. The average Bonchev–Trinajstić information content (AvgIpc) is 2.72. The first-order valence-corrected chi connectivity index (χ1v) is 7.47. The first-order valence-electron chi connectivity index (χ1n) is 5.93. The van der Waals surface area contributed by atoms with Gasteiger partial charge in [-0.05, 0) is 49.4 Å². The summed E-state index contributed by atoms with van der Waals surface area (Å²) in [5, 5.41) is -0.582. The minimum absolute atomic E-state index is 0.0305. The van der Waals surface area contributed by atoms with Crippen molar-refractivity contribution in [1.82, 2.24) is 0 Å². The van der Waals surface area contributed by atoms with Crippen LogP contribution in [-0.2, 0) is 22.7 Å². The first kappa shape index (κ1) is 11.0. The molecule has 0 bridgehead atoms. The topological polar surface area (TPSA) is 51.2 Å². The number of benzene rings is 1. The lowest BCUT2D eigenvalue weighted by atomic mass is 10.0. The Hall–Kier alpha value is -1.16. The highest BCUT2D eigenvalue weighted by atomic mass is 32.2. The van der Waals surface area contributed by atoms with Gasteiger partial charge in [-0.2, -0.15) is 0 Å². The predicted molar refractivity (Wildman–Crippen MR) is 64.1 cm³/mol. The molecule has 1 heterocycles. The van der Waals surface area contributed by atoms with Crippen molar-refractivity contribution in [2.45, 2.75) is 42.8 Å². The van der Waals surface area contributed by atoms with Gasteiger partial charge in [0, 0.05) is 12.0 Å². The maximum absolute atomic E-state index is 12.2. The quantitative estimate of drug-likeness (QED) is 0.707. The van der Waals surface area contributed by atoms with E-state index < -0.39 is 15.1 Å². The van der Waals surface area contributed by atoms with Gasteiger partial charge in [0.1, 0.15) is 0 Å². The number of hydrogen-bond acceptors (Lipinski definition) is 3. The highest BCUT2D eigenvalue weighted by molar-refractivity contribution is 7.92. The molecule has 1 atom stereocenters. The van der Waals surface area contributed by atoms with E-state index in [0.717, 1.165) is 30.4 Å². The van der Waals surface area contributed by atoms with Gasteiger partial charge in [-0.25, -0.2) is 8.42 Å². The summed E-state index contributed by atoms with van der Waals surface area (Å²) >= 11 is 0. The molecule has 3 nitrogen and oxygen atoms in total. The van der Waals surface area contributed by atoms with E-state index in [1.807, 2.05) is 6.07 Å². The number of aryl methyl sites for hydroxylation is 2. The van der Waals surface area contributed by atoms with Crippen LogP contribution in [-0.4, -0.2) is 19.5 Å². The second-order valence-corrected chi connectivity index (χ2v) is 7.29. The molecule has 0 aromatic heterocycles. The Morgan fingerprint density at radius 3 is 2.53 bits per heavy atom. The van der Waals surface area contributed by atoms with Gasteiger partial charge in [0.05, 0.1) is 10.1 Å². The number of carbonyl (C=O) groups excluding carboxylic acids is 1. The van der Waals surface area contributed by atoms with Crippen LogP contribution in [0, 0.1) is 0 Å². The number of sulfone groups is 1. The smallest absolute Gasteiger partial charge is 0.182 e. The molecule has 0 amide bonds. The number of rotatable bonds is 0. The molecule has 0 saturated carbocycles. The fraction of sp³-hybridized carbons (Fsp3) is 0.462. The maximum Gasteiger partial charge on any atom is 0.182 e. The minimum Gasteiger partial charge on any atom is -0.294 e. The van der Waals surface area contributed by atoms with E-state index in [2.05, 4.69) is 0 Å². The summed E-state index contributed by atoms with van der Waals surface area (Å²) in [6.45, 7) is 1.61. The Bertz CT molecular complexity index is 614. The molecule has 1 aliphatic carbocycles. The van der Waals surface area contributed by atoms with Crippen LogP contribution < -0.4 is 0 Å². The van der Waals surface area contributed by atoms with Crippen LogP contribution in [0.4, 0.5) is 0 Å². The Labute approximate surface area is 101 Å². The Morgan fingerprint density at radius 1 is 1.18 bits per heavy atom. The van der Waals surface area contributed by atoms with Crippen LogP contribution in [0.3, 0.4) is 0 Å². The molecule has 0 fully saturated rings. The third-order valence-corrected chi connectivity index (χ3v) is 5.98. The van der Waals surface area contributed by atoms with Crippen molar-refractivity contribution in [1.29, 1.82) is 0 Å². The molecule has 0 saturated heterocycles. The Balaban J connectivity index is 2.31. The van der Waals surface area contributed by atoms with Crippen molar-refractivity contribution in [3.8, 4) is 0 Å². The predicted octanol–water partition coefficient (Wildman–Crippen LogP) is 1.92. The molecule has 0 radical (unpaired) electrons. The van der Waals surface area contributed by atoms with E-state index in [0.29, 0.717) is 5.56 Å². The van der Waals surface area contributed by atoms with Gasteiger partial charge < -0.3 is 0 Å². The molecule has 17 heavy (non-hydrogen) atoms. The standard InChI is InChI=1S/C13H14O3S/c1-8-5-12(14)11-6-9-3-2-4-10(9)7-13(11)17(8,15)16/h6-8H,2-5H2,1H3. The normalized spacial score (nSPS) is 25.5. The third-order valence-electron chi connectivity index (χ3n) is 3.80. The number of fused-ring (bicyclic) bond motifs is 2. The van der Waals surface area contributed by atoms with Gasteiger partial charge in [0.25, 0.3) is 0 Å². The minimum atomic E-state index is -3.30. The lowest BCUT2D eigenvalue weighted by Crippen LogP contribution is -2.29. The highest BCUT2D eigenvalue weighted by Gasteiger charge is 2.36. The van der Waals surface area contributed by atoms with Gasteiger partial charge in [-0.1, -0.05) is 0 Å². The van der Waals surface area contributed by atoms with Gasteiger partial charge in [-0.15, -0.1) is 0 Å². The molecule has 1 unspecified atom stereocenters. The molecule has 0 spiro atoms. The van der Waals surface area contributed by atoms with Gasteiger partial charge in [0.15, 0.2) is 15.6 Å². The number of carbonyl (C=O) groups is 1. The van der Waals surface area contributed by atoms with Crippen LogP contribution in [0.25, 0.3) is 0 Å². The molecule has 4 heteroatoms. The van der Waals surface area contributed by atoms with Crippen molar-refractivity contribution >= 4 is 15.6 Å². The van der Waals surface area contributed by atoms with E-state index in [9.17, 15) is 13.2 Å². The van der Waals surface area contributed by atoms with E-state index in [-0.39, 0.29) is 17.1 Å². The third kappa shape index (κ3) is 1.47. The second kappa shape index (κ2) is 3.42. The number of hydrogen-bond donors (Lipinski definition) is 0. The van der Waals surface area contributed by atoms with Crippen molar-refractivity contribution in [2.24, 2.45) is 0 Å². The number of Topliss-reactive ketones (excluding diaryl/α,β-unsaturated/α-hetero) is 1. The molecule has 1 aliphatic heterocycles. The van der Waals surface area contributed by atoms with Crippen molar-refractivity contribution in [3.63, 3.8) is 0 Å². The first-order chi connectivity index (χ1) is 8.00. The number of ketones is 1. The molecular weight excluding hydrogens is 236 g/mol. The zero-order valence-electron chi connectivity index (χ0n) is 9.69. The summed E-state index contributed by atoms with van der Waals surface area (Å²) in [5.41, 5.74) is 2.68. The van der Waals surface area contributed by atoms with E-state index in [4.69, 9.17) is 0 Å². The molecule has 90 valence electrons. The summed E-state index contributed by atoms with van der Waals surface area (Å²) in [6, 6.07) is 3.55. The second-order valence-electron chi connectivity index (χ2n) is 4.95. The fourth-order valence-corrected chi connectivity index (χ4v) is 4.34. The highest BCUT2D eigenvalue weighted by Crippen LogP contribution is 2.34. The van der Waals surface area contributed by atoms with E-state index in [1.54, 1.807) is 13.0 Å². The van der Waals surface area contributed by atoms with Crippen LogP contribution in [0.5, 0.6) is 0 Å². The Morgan fingerprint density at radius 2 is 1.82 bits per heavy atom. The van der Waals surface area contributed by atoms with Crippen LogP contribution in [0.15, 0.2) is 17.0 Å². The lowest BCUT2D eigenvalue weighted by Gasteiger charge is -2.22. The summed E-state index contributed by atoms with van der Waals surface area (Å²) in [5.74, 6) is -0.0305. The summed E-state index contributed by atoms with van der Waals surface area (Å²) in [7, 11) is -3.30. The van der Waals surface area contributed by atoms with E-state index >= 15 is 0 Å². The average molecular weight is 250 g/mol. The molecule has 1 aromatic rings. The van der Waals surface area contributed by atoms with Crippen molar-refractivity contribution in [2.75, 3.05) is 0 Å². The molecular formula is C13H14O3S. The van der Waals surface area contributed by atoms with Gasteiger partial charge in [-0.3, -0.25) is 4.79 Å². The van der Waals surface area contributed by atoms with Crippen molar-refractivity contribution in [3.05, 3.63) is 28.8 Å². The maximum atomic E-state index is 12.2. The van der Waals surface area contributed by atoms with E-state index in [1.165, 1.54) is 0 Å². The summed E-state index contributed by atoms with van der Waals surface area (Å²) < 4.78 is 24.4. The summed E-state index contributed by atoms with van der Waals surface area (Å²) in [6.07, 6.45) is 3.07.